The Hall–Kier alpha value is -1.62. The molecule has 0 radical (unpaired) electrons. The first-order valence-corrected chi connectivity index (χ1v) is 6.43. The Kier molecular flexibility index (Phi) is 4.15. The molecule has 2 rings (SSSR count). The van der Waals surface area contributed by atoms with E-state index >= 15 is 0 Å². The van der Waals surface area contributed by atoms with Crippen LogP contribution in [-0.2, 0) is 0 Å². The van der Waals surface area contributed by atoms with Crippen molar-refractivity contribution in [2.24, 2.45) is 5.73 Å². The first-order chi connectivity index (χ1) is 8.72. The molecule has 3 N–H and O–H groups in total. The minimum absolute atomic E-state index is 0.120. The number of aromatic amines is 1. The second-order valence-electron chi connectivity index (χ2n) is 4.65. The van der Waals surface area contributed by atoms with E-state index < -0.39 is 0 Å². The van der Waals surface area contributed by atoms with Gasteiger partial charge in [-0.2, -0.15) is 0 Å². The number of hydrogen-bond donors (Lipinski definition) is 2. The largest absolute Gasteiger partial charge is 0.333 e. The number of nitrogens with two attached hydrogens (primary N) is 1. The van der Waals surface area contributed by atoms with Crippen LogP contribution in [0.4, 0.5) is 0 Å². The lowest BCUT2D eigenvalue weighted by atomic mass is 10.2. The van der Waals surface area contributed by atoms with Gasteiger partial charge in [0.1, 0.15) is 5.69 Å². The first kappa shape index (κ1) is 12.8. The van der Waals surface area contributed by atoms with E-state index in [0.717, 1.165) is 25.7 Å². The zero-order valence-electron chi connectivity index (χ0n) is 10.4. The van der Waals surface area contributed by atoms with Crippen LogP contribution in [0.1, 0.15) is 36.2 Å². The molecule has 1 heterocycles. The lowest BCUT2D eigenvalue weighted by molar-refractivity contribution is 0.0681. The van der Waals surface area contributed by atoms with Gasteiger partial charge >= 0.3 is 0 Å². The molecular formula is C13H19N3O2. The van der Waals surface area contributed by atoms with Crippen molar-refractivity contribution in [2.75, 3.05) is 13.1 Å². The normalized spacial score (nSPS) is 15.8. The third-order valence-corrected chi connectivity index (χ3v) is 3.40. The van der Waals surface area contributed by atoms with Gasteiger partial charge in [0.2, 0.25) is 5.56 Å². The van der Waals surface area contributed by atoms with Crippen molar-refractivity contribution in [2.45, 2.75) is 31.7 Å². The van der Waals surface area contributed by atoms with Gasteiger partial charge in [0, 0.05) is 25.2 Å². The number of rotatable bonds is 4. The molecule has 1 saturated carbocycles. The van der Waals surface area contributed by atoms with Crippen LogP contribution in [0.25, 0.3) is 0 Å². The van der Waals surface area contributed by atoms with Crippen LogP contribution in [0.2, 0.25) is 0 Å². The summed E-state index contributed by atoms with van der Waals surface area (Å²) in [5, 5.41) is 0. The zero-order chi connectivity index (χ0) is 13.0. The van der Waals surface area contributed by atoms with Gasteiger partial charge in [0.15, 0.2) is 0 Å². The molecule has 1 fully saturated rings. The third kappa shape index (κ3) is 2.79. The topological polar surface area (TPSA) is 79.2 Å². The number of nitrogens with zero attached hydrogens (tertiary/aromatic N) is 1. The van der Waals surface area contributed by atoms with E-state index in [0.29, 0.717) is 18.8 Å². The maximum Gasteiger partial charge on any atom is 0.270 e. The second-order valence-corrected chi connectivity index (χ2v) is 4.65. The Morgan fingerprint density at radius 2 is 2.11 bits per heavy atom. The van der Waals surface area contributed by atoms with Crippen LogP contribution in [0.15, 0.2) is 23.0 Å². The highest BCUT2D eigenvalue weighted by atomic mass is 16.2. The fourth-order valence-corrected chi connectivity index (χ4v) is 2.53. The number of pyridine rings is 1. The summed E-state index contributed by atoms with van der Waals surface area (Å²) in [4.78, 5) is 28.0. The molecule has 1 aromatic heterocycles. The van der Waals surface area contributed by atoms with Crippen LogP contribution < -0.4 is 11.3 Å². The van der Waals surface area contributed by atoms with E-state index in [1.54, 1.807) is 17.0 Å². The van der Waals surface area contributed by atoms with E-state index in [1.165, 1.54) is 6.07 Å². The van der Waals surface area contributed by atoms with Gasteiger partial charge in [-0.3, -0.25) is 9.59 Å². The summed E-state index contributed by atoms with van der Waals surface area (Å²) in [7, 11) is 0. The molecular weight excluding hydrogens is 230 g/mol. The third-order valence-electron chi connectivity index (χ3n) is 3.40. The van der Waals surface area contributed by atoms with Crippen LogP contribution in [0.3, 0.4) is 0 Å². The average molecular weight is 249 g/mol. The molecule has 1 aliphatic carbocycles. The Bertz CT molecular complexity index is 463. The van der Waals surface area contributed by atoms with Crippen LogP contribution in [-0.4, -0.2) is 34.9 Å². The van der Waals surface area contributed by atoms with Gasteiger partial charge in [-0.05, 0) is 18.9 Å². The molecule has 0 bridgehead atoms. The van der Waals surface area contributed by atoms with Crippen LogP contribution in [0, 0.1) is 0 Å². The summed E-state index contributed by atoms with van der Waals surface area (Å²) in [6.45, 7) is 0.986. The fourth-order valence-electron chi connectivity index (χ4n) is 2.53. The van der Waals surface area contributed by atoms with Gasteiger partial charge in [0.25, 0.3) is 5.91 Å². The monoisotopic (exact) mass is 249 g/mol. The van der Waals surface area contributed by atoms with Gasteiger partial charge in [0.05, 0.1) is 0 Å². The number of aromatic nitrogens is 1. The number of amides is 1. The van der Waals surface area contributed by atoms with E-state index in [1.807, 2.05) is 0 Å². The Morgan fingerprint density at radius 3 is 2.72 bits per heavy atom. The molecule has 18 heavy (non-hydrogen) atoms. The zero-order valence-corrected chi connectivity index (χ0v) is 10.4. The van der Waals surface area contributed by atoms with Crippen molar-refractivity contribution < 1.29 is 4.79 Å². The highest BCUT2D eigenvalue weighted by Gasteiger charge is 2.27. The summed E-state index contributed by atoms with van der Waals surface area (Å²) in [5.41, 5.74) is 5.68. The summed E-state index contributed by atoms with van der Waals surface area (Å²) >= 11 is 0. The molecule has 0 unspecified atom stereocenters. The van der Waals surface area contributed by atoms with Gasteiger partial charge in [-0.25, -0.2) is 0 Å². The first-order valence-electron chi connectivity index (χ1n) is 6.43. The molecule has 0 aliphatic heterocycles. The molecule has 98 valence electrons. The predicted molar refractivity (Wildman–Crippen MR) is 69.4 cm³/mol. The maximum absolute atomic E-state index is 12.4. The Balaban J connectivity index is 2.19. The van der Waals surface area contributed by atoms with Crippen LogP contribution in [0.5, 0.6) is 0 Å². The quantitative estimate of drug-likeness (QED) is 0.825. The SMILES string of the molecule is NCCN(C(=O)c1cccc(=O)[nH]1)C1CCCC1. The van der Waals surface area contributed by atoms with Gasteiger partial charge in [-0.15, -0.1) is 0 Å². The van der Waals surface area contributed by atoms with E-state index in [9.17, 15) is 9.59 Å². The number of carbonyl (C=O) groups is 1. The van der Waals surface area contributed by atoms with E-state index in [-0.39, 0.29) is 17.5 Å². The fraction of sp³-hybridized carbons (Fsp3) is 0.538. The maximum atomic E-state index is 12.4. The summed E-state index contributed by atoms with van der Waals surface area (Å²) in [6, 6.07) is 4.91. The van der Waals surface area contributed by atoms with Crippen LogP contribution >= 0.6 is 0 Å². The molecule has 5 heteroatoms. The second kappa shape index (κ2) is 5.82. The molecule has 1 aromatic rings. The smallest absolute Gasteiger partial charge is 0.270 e. The standard InChI is InChI=1S/C13H19N3O2/c14-8-9-16(10-4-1-2-5-10)13(18)11-6-3-7-12(17)15-11/h3,6-7,10H,1-2,4-5,8-9,14H2,(H,15,17). The van der Waals surface area contributed by atoms with Crippen molar-refractivity contribution >= 4 is 5.91 Å². The highest BCUT2D eigenvalue weighted by Crippen LogP contribution is 2.24. The predicted octanol–water partition coefficient (Wildman–Crippen LogP) is 0.718. The molecule has 0 spiro atoms. The minimum atomic E-state index is -0.250. The number of hydrogen-bond acceptors (Lipinski definition) is 3. The Labute approximate surface area is 106 Å². The van der Waals surface area contributed by atoms with Crippen molar-refractivity contribution in [1.82, 2.24) is 9.88 Å². The molecule has 1 amide bonds. The van der Waals surface area contributed by atoms with Crippen molar-refractivity contribution in [3.05, 3.63) is 34.2 Å². The molecule has 1 aliphatic rings. The van der Waals surface area contributed by atoms with Crippen molar-refractivity contribution in [3.8, 4) is 0 Å². The average Bonchev–Trinajstić information content (AvgIpc) is 2.89. The lowest BCUT2D eigenvalue weighted by Gasteiger charge is -2.28. The van der Waals surface area contributed by atoms with Gasteiger partial charge in [-0.1, -0.05) is 18.9 Å². The minimum Gasteiger partial charge on any atom is -0.333 e. The summed E-state index contributed by atoms with van der Waals surface area (Å²) in [6.07, 6.45) is 4.38. The summed E-state index contributed by atoms with van der Waals surface area (Å²) < 4.78 is 0. The highest BCUT2D eigenvalue weighted by molar-refractivity contribution is 5.92. The van der Waals surface area contributed by atoms with E-state index in [4.69, 9.17) is 5.73 Å². The Morgan fingerprint density at radius 1 is 1.39 bits per heavy atom. The molecule has 0 saturated heterocycles. The molecule has 0 aromatic carbocycles. The molecule has 0 atom stereocenters. The van der Waals surface area contributed by atoms with E-state index in [2.05, 4.69) is 4.98 Å². The number of H-pyrrole nitrogens is 1. The van der Waals surface area contributed by atoms with Crippen molar-refractivity contribution in [1.29, 1.82) is 0 Å². The van der Waals surface area contributed by atoms with Gasteiger partial charge < -0.3 is 15.6 Å². The summed E-state index contributed by atoms with van der Waals surface area (Å²) in [5.74, 6) is -0.120. The lowest BCUT2D eigenvalue weighted by Crippen LogP contribution is -2.42. The number of nitrogens with one attached hydrogen (secondary N) is 1. The molecule has 5 nitrogen and oxygen atoms in total. The number of carbonyl (C=O) groups excluding carboxylic acids is 1. The van der Waals surface area contributed by atoms with Crippen molar-refractivity contribution in [3.63, 3.8) is 0 Å².